The van der Waals surface area contributed by atoms with Crippen molar-refractivity contribution in [3.05, 3.63) is 18.2 Å². The Labute approximate surface area is 228 Å². The highest BCUT2D eigenvalue weighted by molar-refractivity contribution is 5.92. The summed E-state index contributed by atoms with van der Waals surface area (Å²) in [6.07, 6.45) is 9.45. The topological polar surface area (TPSA) is 88.0 Å². The minimum Gasteiger partial charge on any atom is -0.497 e. The monoisotopic (exact) mass is 527 g/mol. The van der Waals surface area contributed by atoms with Crippen LogP contribution in [0.25, 0.3) is 0 Å². The summed E-state index contributed by atoms with van der Waals surface area (Å²) in [6, 6.07) is 5.43. The molecule has 6 nitrogen and oxygen atoms in total. The van der Waals surface area contributed by atoms with Crippen LogP contribution in [-0.4, -0.2) is 42.5 Å². The zero-order valence-corrected chi connectivity index (χ0v) is 24.0. The first-order valence-electron chi connectivity index (χ1n) is 15.0. The summed E-state index contributed by atoms with van der Waals surface area (Å²) in [6.45, 7) is 7.30. The molecule has 4 aliphatic carbocycles. The molecule has 1 amide bonds. The maximum Gasteiger partial charge on any atom is 0.224 e. The summed E-state index contributed by atoms with van der Waals surface area (Å²) in [4.78, 5) is 12.9. The van der Waals surface area contributed by atoms with Crippen LogP contribution >= 0.6 is 0 Å². The zero-order valence-electron chi connectivity index (χ0n) is 24.0. The number of anilines is 1. The fourth-order valence-electron chi connectivity index (χ4n) is 9.86. The molecule has 4 saturated carbocycles. The van der Waals surface area contributed by atoms with Crippen LogP contribution in [0.5, 0.6) is 11.5 Å². The summed E-state index contributed by atoms with van der Waals surface area (Å²) >= 11 is 0. The van der Waals surface area contributed by atoms with Crippen molar-refractivity contribution in [1.29, 1.82) is 0 Å². The van der Waals surface area contributed by atoms with Crippen molar-refractivity contribution >= 4 is 11.6 Å². The molecule has 0 heterocycles. The van der Waals surface area contributed by atoms with E-state index in [9.17, 15) is 15.0 Å². The first-order chi connectivity index (χ1) is 18.1. The lowest BCUT2D eigenvalue weighted by Crippen LogP contribution is -2.58. The Balaban J connectivity index is 1.23. The van der Waals surface area contributed by atoms with Gasteiger partial charge in [0.25, 0.3) is 0 Å². The van der Waals surface area contributed by atoms with E-state index in [4.69, 9.17) is 9.47 Å². The standard InChI is InChI=1S/C32H49NO5/c1-19(6-11-29(36)33-26-18-22(37-4)7-10-28(26)38-5)23-8-9-24-30-25(13-15-32(23,24)3)31(2)14-12-21(34)16-20(31)17-27(30)35/h7,10,18-21,23-25,27,30,34-35H,6,8-9,11-17H2,1-5H3,(H,33,36). The maximum atomic E-state index is 12.9. The van der Waals surface area contributed by atoms with Gasteiger partial charge in [-0.25, -0.2) is 0 Å². The fraction of sp³-hybridized carbons (Fsp3) is 0.781. The average molecular weight is 528 g/mol. The van der Waals surface area contributed by atoms with E-state index in [1.54, 1.807) is 20.3 Å². The second kappa shape index (κ2) is 10.6. The molecule has 1 aromatic rings. The largest absolute Gasteiger partial charge is 0.497 e. The third-order valence-electron chi connectivity index (χ3n) is 11.9. The van der Waals surface area contributed by atoms with Crippen molar-refractivity contribution in [2.24, 2.45) is 46.3 Å². The van der Waals surface area contributed by atoms with Crippen LogP contribution in [-0.2, 0) is 4.79 Å². The predicted molar refractivity (Wildman–Crippen MR) is 149 cm³/mol. The Morgan fingerprint density at radius 3 is 2.50 bits per heavy atom. The number of ether oxygens (including phenoxy) is 2. The van der Waals surface area contributed by atoms with E-state index in [1.807, 2.05) is 12.1 Å². The van der Waals surface area contributed by atoms with Crippen LogP contribution in [0.15, 0.2) is 18.2 Å². The molecular formula is C32H49NO5. The SMILES string of the molecule is COc1ccc(OC)c(NC(=O)CCC(C)C2CCC3C4C(O)CC5CC(O)CCC5(C)C4CCC23C)c1. The lowest BCUT2D eigenvalue weighted by molar-refractivity contribution is -0.174. The fourth-order valence-corrected chi connectivity index (χ4v) is 9.86. The molecule has 0 radical (unpaired) electrons. The molecule has 5 rings (SSSR count). The molecule has 4 aliphatic rings. The number of fused-ring (bicyclic) bond motifs is 5. The van der Waals surface area contributed by atoms with Gasteiger partial charge in [0.05, 0.1) is 32.1 Å². The van der Waals surface area contributed by atoms with E-state index < -0.39 is 0 Å². The van der Waals surface area contributed by atoms with Crippen LogP contribution in [0.2, 0.25) is 0 Å². The summed E-state index contributed by atoms with van der Waals surface area (Å²) in [5, 5.41) is 24.8. The minimum absolute atomic E-state index is 0.00738. The van der Waals surface area contributed by atoms with Crippen molar-refractivity contribution in [3.63, 3.8) is 0 Å². The van der Waals surface area contributed by atoms with Gasteiger partial charge >= 0.3 is 0 Å². The van der Waals surface area contributed by atoms with Gasteiger partial charge in [0.15, 0.2) is 0 Å². The van der Waals surface area contributed by atoms with E-state index >= 15 is 0 Å². The number of aliphatic hydroxyl groups is 2. The number of methoxy groups -OCH3 is 2. The quantitative estimate of drug-likeness (QED) is 0.402. The Bertz CT molecular complexity index is 1010. The minimum atomic E-state index is -0.245. The molecule has 0 bridgehead atoms. The van der Waals surface area contributed by atoms with E-state index in [-0.39, 0.29) is 28.9 Å². The van der Waals surface area contributed by atoms with Gasteiger partial charge in [-0.1, -0.05) is 20.8 Å². The van der Waals surface area contributed by atoms with Gasteiger partial charge in [0.2, 0.25) is 5.91 Å². The number of hydrogen-bond donors (Lipinski definition) is 3. The number of amides is 1. The number of carbonyl (C=O) groups excluding carboxylic acids is 1. The van der Waals surface area contributed by atoms with E-state index in [0.29, 0.717) is 59.1 Å². The predicted octanol–water partition coefficient (Wildman–Crippen LogP) is 6.05. The van der Waals surface area contributed by atoms with Crippen molar-refractivity contribution in [3.8, 4) is 11.5 Å². The van der Waals surface area contributed by atoms with Crippen LogP contribution < -0.4 is 14.8 Å². The Hall–Kier alpha value is -1.79. The highest BCUT2D eigenvalue weighted by atomic mass is 16.5. The summed E-state index contributed by atoms with van der Waals surface area (Å²) in [5.74, 6) is 4.31. The van der Waals surface area contributed by atoms with Crippen LogP contribution in [0.4, 0.5) is 5.69 Å². The van der Waals surface area contributed by atoms with Gasteiger partial charge in [-0.15, -0.1) is 0 Å². The van der Waals surface area contributed by atoms with Crippen molar-refractivity contribution in [2.75, 3.05) is 19.5 Å². The third kappa shape index (κ3) is 4.74. The van der Waals surface area contributed by atoms with Crippen molar-refractivity contribution in [1.82, 2.24) is 0 Å². The number of hydrogen-bond acceptors (Lipinski definition) is 5. The summed E-state index contributed by atoms with van der Waals surface area (Å²) in [7, 11) is 3.22. The Kier molecular flexibility index (Phi) is 7.78. The lowest BCUT2D eigenvalue weighted by Gasteiger charge is -2.62. The van der Waals surface area contributed by atoms with Gasteiger partial charge < -0.3 is 25.0 Å². The molecule has 212 valence electrons. The Morgan fingerprint density at radius 2 is 1.76 bits per heavy atom. The van der Waals surface area contributed by atoms with Crippen LogP contribution in [0.1, 0.15) is 85.0 Å². The molecule has 6 heteroatoms. The van der Waals surface area contributed by atoms with Gasteiger partial charge in [-0.2, -0.15) is 0 Å². The molecule has 3 N–H and O–H groups in total. The number of nitrogens with one attached hydrogen (secondary N) is 1. The average Bonchev–Trinajstić information content (AvgIpc) is 3.25. The second-order valence-corrected chi connectivity index (χ2v) is 13.6. The first kappa shape index (κ1) is 27.8. The molecule has 0 spiro atoms. The molecule has 0 saturated heterocycles. The molecule has 4 fully saturated rings. The molecule has 1 aromatic carbocycles. The van der Waals surface area contributed by atoms with E-state index in [1.165, 1.54) is 25.7 Å². The first-order valence-corrected chi connectivity index (χ1v) is 15.0. The molecule has 10 unspecified atom stereocenters. The van der Waals surface area contributed by atoms with Gasteiger partial charge in [-0.3, -0.25) is 4.79 Å². The normalized spacial score (nSPS) is 40.9. The number of benzene rings is 1. The second-order valence-electron chi connectivity index (χ2n) is 13.6. The number of rotatable bonds is 7. The Morgan fingerprint density at radius 1 is 1.03 bits per heavy atom. The number of aliphatic hydroxyl groups excluding tert-OH is 2. The molecule has 10 atom stereocenters. The lowest BCUT2D eigenvalue weighted by atomic mass is 9.43. The van der Waals surface area contributed by atoms with Gasteiger partial charge in [0.1, 0.15) is 11.5 Å². The van der Waals surface area contributed by atoms with Gasteiger partial charge in [-0.05, 0) is 116 Å². The molecule has 38 heavy (non-hydrogen) atoms. The zero-order chi connectivity index (χ0) is 27.2. The number of carbonyl (C=O) groups is 1. The molecule has 0 aliphatic heterocycles. The van der Waals surface area contributed by atoms with Crippen LogP contribution in [0.3, 0.4) is 0 Å². The van der Waals surface area contributed by atoms with Crippen LogP contribution in [0, 0.1) is 46.3 Å². The smallest absolute Gasteiger partial charge is 0.224 e. The highest BCUT2D eigenvalue weighted by Gasteiger charge is 2.62. The van der Waals surface area contributed by atoms with Gasteiger partial charge in [0, 0.05) is 12.5 Å². The van der Waals surface area contributed by atoms with E-state index in [2.05, 4.69) is 26.1 Å². The molecular weight excluding hydrogens is 478 g/mol. The highest BCUT2D eigenvalue weighted by Crippen LogP contribution is 2.68. The van der Waals surface area contributed by atoms with Crippen molar-refractivity contribution in [2.45, 2.75) is 97.2 Å². The maximum absolute atomic E-state index is 12.9. The van der Waals surface area contributed by atoms with Crippen molar-refractivity contribution < 1.29 is 24.5 Å². The molecule has 0 aromatic heterocycles. The third-order valence-corrected chi connectivity index (χ3v) is 11.9. The summed E-state index contributed by atoms with van der Waals surface area (Å²) < 4.78 is 10.7. The van der Waals surface area contributed by atoms with E-state index in [0.717, 1.165) is 32.1 Å². The summed E-state index contributed by atoms with van der Waals surface area (Å²) in [5.41, 5.74) is 1.13.